The number of carbonyl (C=O) groups excluding carboxylic acids is 1. The van der Waals surface area contributed by atoms with Gasteiger partial charge in [-0.2, -0.15) is 4.31 Å². The van der Waals surface area contributed by atoms with Crippen LogP contribution in [-0.4, -0.2) is 61.5 Å². The molecule has 0 spiro atoms. The van der Waals surface area contributed by atoms with Gasteiger partial charge < -0.3 is 10.6 Å². The van der Waals surface area contributed by atoms with Gasteiger partial charge in [0.15, 0.2) is 0 Å². The van der Waals surface area contributed by atoms with Gasteiger partial charge >= 0.3 is 0 Å². The summed E-state index contributed by atoms with van der Waals surface area (Å²) in [6.45, 7) is 1.65. The molecule has 0 bridgehead atoms. The van der Waals surface area contributed by atoms with Crippen LogP contribution in [0.5, 0.6) is 0 Å². The zero-order valence-corrected chi connectivity index (χ0v) is 11.6. The van der Waals surface area contributed by atoms with Gasteiger partial charge in [0.1, 0.15) is 0 Å². The number of piperazine rings is 1. The molecule has 1 heterocycles. The Labute approximate surface area is 108 Å². The van der Waals surface area contributed by atoms with Crippen LogP contribution in [0.3, 0.4) is 0 Å². The Morgan fingerprint density at radius 2 is 1.61 bits per heavy atom. The Balaban J connectivity index is 1.96. The van der Waals surface area contributed by atoms with E-state index in [9.17, 15) is 13.2 Å². The fourth-order valence-corrected chi connectivity index (χ4v) is 3.58. The summed E-state index contributed by atoms with van der Waals surface area (Å²) in [5, 5.41) is 0. The molecular formula is C11H21N3O3S. The van der Waals surface area contributed by atoms with Crippen LogP contribution >= 0.6 is 0 Å². The van der Waals surface area contributed by atoms with Crippen molar-refractivity contribution in [1.82, 2.24) is 9.21 Å². The molecule has 1 saturated carbocycles. The average Bonchev–Trinajstić information content (AvgIpc) is 2.75. The number of hydrogen-bond donors (Lipinski definition) is 1. The summed E-state index contributed by atoms with van der Waals surface area (Å²) < 4.78 is 24.2. The maximum Gasteiger partial charge on any atom is 0.242 e. The van der Waals surface area contributed by atoms with E-state index in [-0.39, 0.29) is 5.91 Å². The summed E-state index contributed by atoms with van der Waals surface area (Å²) in [6.07, 6.45) is 4.71. The minimum atomic E-state index is -3.15. The van der Waals surface area contributed by atoms with Crippen LogP contribution in [-0.2, 0) is 14.8 Å². The minimum Gasteiger partial charge on any atom is -0.338 e. The first-order chi connectivity index (χ1) is 8.33. The third kappa shape index (κ3) is 2.67. The zero-order valence-electron chi connectivity index (χ0n) is 10.8. The lowest BCUT2D eigenvalue weighted by Crippen LogP contribution is -2.58. The molecule has 0 aromatic rings. The summed E-state index contributed by atoms with van der Waals surface area (Å²) in [6, 6.07) is 0. The van der Waals surface area contributed by atoms with E-state index in [0.717, 1.165) is 25.7 Å². The van der Waals surface area contributed by atoms with E-state index in [2.05, 4.69) is 0 Å². The van der Waals surface area contributed by atoms with Crippen LogP contribution in [0, 0.1) is 0 Å². The third-order valence-electron chi connectivity index (χ3n) is 3.92. The van der Waals surface area contributed by atoms with Gasteiger partial charge in [-0.25, -0.2) is 8.42 Å². The lowest BCUT2D eigenvalue weighted by Gasteiger charge is -2.37. The molecule has 0 unspecified atom stereocenters. The molecule has 2 N–H and O–H groups in total. The SMILES string of the molecule is CS(=O)(=O)N1CCN(C(=O)C2(N)CCCC2)CC1. The van der Waals surface area contributed by atoms with E-state index in [1.165, 1.54) is 10.6 Å². The van der Waals surface area contributed by atoms with Gasteiger partial charge in [-0.05, 0) is 12.8 Å². The Morgan fingerprint density at radius 3 is 2.06 bits per heavy atom. The zero-order chi connectivity index (χ0) is 13.4. The first kappa shape index (κ1) is 13.8. The van der Waals surface area contributed by atoms with E-state index < -0.39 is 15.6 Å². The molecule has 0 radical (unpaired) electrons. The highest BCUT2D eigenvalue weighted by molar-refractivity contribution is 7.88. The average molecular weight is 275 g/mol. The van der Waals surface area contributed by atoms with Crippen molar-refractivity contribution < 1.29 is 13.2 Å². The van der Waals surface area contributed by atoms with Crippen LogP contribution in [0.25, 0.3) is 0 Å². The Bertz CT molecular complexity index is 421. The summed E-state index contributed by atoms with van der Waals surface area (Å²) in [5.41, 5.74) is 5.43. The van der Waals surface area contributed by atoms with E-state index in [4.69, 9.17) is 5.73 Å². The Morgan fingerprint density at radius 1 is 1.11 bits per heavy atom. The standard InChI is InChI=1S/C11H21N3O3S/c1-18(16,17)14-8-6-13(7-9-14)10(15)11(12)4-2-3-5-11/h2-9,12H2,1H3. The van der Waals surface area contributed by atoms with Crippen molar-refractivity contribution in [3.05, 3.63) is 0 Å². The molecule has 104 valence electrons. The molecule has 1 aliphatic carbocycles. The van der Waals surface area contributed by atoms with E-state index >= 15 is 0 Å². The molecular weight excluding hydrogens is 254 g/mol. The van der Waals surface area contributed by atoms with Gasteiger partial charge in [0.25, 0.3) is 0 Å². The molecule has 18 heavy (non-hydrogen) atoms. The van der Waals surface area contributed by atoms with Crippen molar-refractivity contribution in [3.8, 4) is 0 Å². The largest absolute Gasteiger partial charge is 0.338 e. The highest BCUT2D eigenvalue weighted by atomic mass is 32.2. The van der Waals surface area contributed by atoms with Crippen molar-refractivity contribution in [2.75, 3.05) is 32.4 Å². The molecule has 2 rings (SSSR count). The summed E-state index contributed by atoms with van der Waals surface area (Å²) in [5.74, 6) is -0.00634. The maximum atomic E-state index is 12.3. The van der Waals surface area contributed by atoms with Gasteiger partial charge in [0.05, 0.1) is 11.8 Å². The minimum absolute atomic E-state index is 0.00634. The van der Waals surface area contributed by atoms with Crippen molar-refractivity contribution in [3.63, 3.8) is 0 Å². The molecule has 1 saturated heterocycles. The number of hydrogen-bond acceptors (Lipinski definition) is 4. The fourth-order valence-electron chi connectivity index (χ4n) is 2.76. The number of sulfonamides is 1. The molecule has 0 atom stereocenters. The van der Waals surface area contributed by atoms with Crippen molar-refractivity contribution in [2.45, 2.75) is 31.2 Å². The van der Waals surface area contributed by atoms with Gasteiger partial charge in [0.2, 0.25) is 15.9 Å². The lowest BCUT2D eigenvalue weighted by molar-refractivity contribution is -0.138. The summed E-state index contributed by atoms with van der Waals surface area (Å²) in [4.78, 5) is 14.0. The van der Waals surface area contributed by atoms with Crippen LogP contribution in [0.1, 0.15) is 25.7 Å². The van der Waals surface area contributed by atoms with Gasteiger partial charge in [-0.1, -0.05) is 12.8 Å². The number of rotatable bonds is 2. The molecule has 1 amide bonds. The normalized spacial score (nSPS) is 25.3. The van der Waals surface area contributed by atoms with E-state index in [1.807, 2.05) is 0 Å². The van der Waals surface area contributed by atoms with Crippen molar-refractivity contribution in [1.29, 1.82) is 0 Å². The van der Waals surface area contributed by atoms with Crippen molar-refractivity contribution >= 4 is 15.9 Å². The molecule has 2 aliphatic rings. The van der Waals surface area contributed by atoms with Gasteiger partial charge in [-0.15, -0.1) is 0 Å². The number of amides is 1. The smallest absolute Gasteiger partial charge is 0.242 e. The van der Waals surface area contributed by atoms with Crippen LogP contribution in [0.15, 0.2) is 0 Å². The first-order valence-corrected chi connectivity index (χ1v) is 8.21. The molecule has 0 aromatic carbocycles. The molecule has 7 heteroatoms. The highest BCUT2D eigenvalue weighted by Crippen LogP contribution is 2.29. The fraction of sp³-hybridized carbons (Fsp3) is 0.909. The second-order valence-corrected chi connectivity index (χ2v) is 7.30. The molecule has 0 aromatic heterocycles. The van der Waals surface area contributed by atoms with E-state index in [1.54, 1.807) is 4.90 Å². The van der Waals surface area contributed by atoms with Crippen molar-refractivity contribution in [2.24, 2.45) is 5.73 Å². The highest BCUT2D eigenvalue weighted by Gasteiger charge is 2.41. The molecule has 2 fully saturated rings. The Hall–Kier alpha value is -0.660. The molecule has 1 aliphatic heterocycles. The predicted molar refractivity (Wildman–Crippen MR) is 68.4 cm³/mol. The number of nitrogens with zero attached hydrogens (tertiary/aromatic N) is 2. The summed E-state index contributed by atoms with van der Waals surface area (Å²) in [7, 11) is -3.15. The topological polar surface area (TPSA) is 83.7 Å². The number of carbonyl (C=O) groups is 1. The van der Waals surface area contributed by atoms with E-state index in [0.29, 0.717) is 26.2 Å². The lowest BCUT2D eigenvalue weighted by atomic mass is 9.97. The van der Waals surface area contributed by atoms with Crippen LogP contribution in [0.4, 0.5) is 0 Å². The second-order valence-electron chi connectivity index (χ2n) is 5.32. The quantitative estimate of drug-likeness (QED) is 0.726. The maximum absolute atomic E-state index is 12.3. The second kappa shape index (κ2) is 4.79. The van der Waals surface area contributed by atoms with Crippen LogP contribution in [0.2, 0.25) is 0 Å². The monoisotopic (exact) mass is 275 g/mol. The van der Waals surface area contributed by atoms with Crippen LogP contribution < -0.4 is 5.73 Å². The Kier molecular flexibility index (Phi) is 3.66. The van der Waals surface area contributed by atoms with Gasteiger partial charge in [0, 0.05) is 26.2 Å². The third-order valence-corrected chi connectivity index (χ3v) is 5.22. The molecule has 6 nitrogen and oxygen atoms in total. The number of nitrogens with two attached hydrogens (primary N) is 1. The predicted octanol–water partition coefficient (Wildman–Crippen LogP) is -0.638. The van der Waals surface area contributed by atoms with Gasteiger partial charge in [-0.3, -0.25) is 4.79 Å². The summed E-state index contributed by atoms with van der Waals surface area (Å²) >= 11 is 0. The first-order valence-electron chi connectivity index (χ1n) is 6.36.